The number of carbonyl (C=O) groups excluding carboxylic acids is 4. The number of rotatable bonds is 12. The summed E-state index contributed by atoms with van der Waals surface area (Å²) in [6, 6.07) is 11.4. The third-order valence-corrected chi connectivity index (χ3v) is 7.01. The fraction of sp³-hybridized carbons (Fsp3) is 0.543. The van der Waals surface area contributed by atoms with Crippen molar-refractivity contribution in [2.75, 3.05) is 0 Å². The lowest BCUT2D eigenvalue weighted by atomic mass is 9.94. The first kappa shape index (κ1) is 37.1. The maximum atomic E-state index is 14.4. The third kappa shape index (κ3) is 11.4. The largest absolute Gasteiger partial charge is 0.508 e. The molecular formula is C35H51N3O7. The van der Waals surface area contributed by atoms with Gasteiger partial charge in [-0.05, 0) is 72.9 Å². The zero-order valence-corrected chi connectivity index (χ0v) is 28.3. The normalized spacial score (nSPS) is 14.5. The molecule has 0 aromatic heterocycles. The molecule has 0 bridgehead atoms. The van der Waals surface area contributed by atoms with Crippen LogP contribution in [0.1, 0.15) is 92.8 Å². The van der Waals surface area contributed by atoms with Crippen LogP contribution in [0.25, 0.3) is 0 Å². The lowest BCUT2D eigenvalue weighted by Crippen LogP contribution is -2.58. The van der Waals surface area contributed by atoms with Crippen molar-refractivity contribution in [1.82, 2.24) is 15.5 Å². The number of benzene rings is 2. The van der Waals surface area contributed by atoms with E-state index in [1.54, 1.807) is 73.6 Å². The third-order valence-electron chi connectivity index (χ3n) is 7.01. The number of alkyl carbamates (subject to hydrolysis) is 1. The zero-order valence-electron chi connectivity index (χ0n) is 28.3. The van der Waals surface area contributed by atoms with E-state index in [0.29, 0.717) is 6.42 Å². The van der Waals surface area contributed by atoms with E-state index in [9.17, 15) is 24.3 Å². The van der Waals surface area contributed by atoms with E-state index in [2.05, 4.69) is 10.6 Å². The van der Waals surface area contributed by atoms with Crippen molar-refractivity contribution in [3.8, 4) is 5.75 Å². The molecule has 45 heavy (non-hydrogen) atoms. The summed E-state index contributed by atoms with van der Waals surface area (Å²) in [6.45, 7) is 17.6. The molecule has 0 spiro atoms. The minimum Gasteiger partial charge on any atom is -0.508 e. The highest BCUT2D eigenvalue weighted by Crippen LogP contribution is 2.32. The van der Waals surface area contributed by atoms with Crippen LogP contribution in [0.5, 0.6) is 5.75 Å². The molecule has 0 fully saturated rings. The summed E-state index contributed by atoms with van der Waals surface area (Å²) in [5.41, 5.74) is -0.647. The molecule has 0 saturated carbocycles. The lowest BCUT2D eigenvalue weighted by molar-refractivity contribution is -0.159. The molecule has 3 amide bonds. The molecule has 4 atom stereocenters. The topological polar surface area (TPSA) is 134 Å². The van der Waals surface area contributed by atoms with Crippen LogP contribution in [-0.4, -0.2) is 63.2 Å². The number of para-hydroxylation sites is 1. The Bertz CT molecular complexity index is 1300. The zero-order chi connectivity index (χ0) is 34.1. The highest BCUT2D eigenvalue weighted by Gasteiger charge is 2.41. The first-order chi connectivity index (χ1) is 20.8. The van der Waals surface area contributed by atoms with Gasteiger partial charge in [0.05, 0.1) is 0 Å². The minimum absolute atomic E-state index is 0.139. The Balaban J connectivity index is 2.62. The molecule has 0 heterocycles. The van der Waals surface area contributed by atoms with Crippen LogP contribution < -0.4 is 10.6 Å². The number of amides is 3. The Kier molecular flexibility index (Phi) is 13.0. The summed E-state index contributed by atoms with van der Waals surface area (Å²) in [4.78, 5) is 56.4. The molecule has 3 N–H and O–H groups in total. The Morgan fingerprint density at radius 1 is 0.822 bits per heavy atom. The van der Waals surface area contributed by atoms with Crippen LogP contribution in [0.2, 0.25) is 0 Å². The maximum Gasteiger partial charge on any atom is 0.408 e. The smallest absolute Gasteiger partial charge is 0.408 e. The summed E-state index contributed by atoms with van der Waals surface area (Å²) in [6.07, 6.45) is -0.0785. The van der Waals surface area contributed by atoms with Gasteiger partial charge in [0.15, 0.2) is 0 Å². The van der Waals surface area contributed by atoms with Crippen molar-refractivity contribution in [2.24, 2.45) is 5.92 Å². The van der Waals surface area contributed by atoms with Crippen LogP contribution >= 0.6 is 0 Å². The van der Waals surface area contributed by atoms with Gasteiger partial charge < -0.3 is 30.1 Å². The quantitative estimate of drug-likeness (QED) is 0.259. The molecular weight excluding hydrogens is 574 g/mol. The highest BCUT2D eigenvalue weighted by atomic mass is 16.6. The summed E-state index contributed by atoms with van der Waals surface area (Å²) < 4.78 is 11.1. The summed E-state index contributed by atoms with van der Waals surface area (Å²) in [7, 11) is 0. The second-order valence-corrected chi connectivity index (χ2v) is 13.6. The number of phenols is 1. The molecule has 4 unspecified atom stereocenters. The second kappa shape index (κ2) is 15.8. The first-order valence-electron chi connectivity index (χ1n) is 15.5. The molecule has 10 nitrogen and oxygen atoms in total. The predicted octanol–water partition coefficient (Wildman–Crippen LogP) is 5.68. The van der Waals surface area contributed by atoms with Crippen LogP contribution in [0.15, 0.2) is 54.6 Å². The van der Waals surface area contributed by atoms with Crippen molar-refractivity contribution < 1.29 is 33.8 Å². The van der Waals surface area contributed by atoms with Crippen LogP contribution in [0, 0.1) is 5.92 Å². The molecule has 2 rings (SSSR count). The van der Waals surface area contributed by atoms with E-state index in [1.807, 2.05) is 44.2 Å². The van der Waals surface area contributed by atoms with Crippen molar-refractivity contribution in [3.05, 3.63) is 65.7 Å². The van der Waals surface area contributed by atoms with Crippen molar-refractivity contribution >= 4 is 23.9 Å². The van der Waals surface area contributed by atoms with Gasteiger partial charge >= 0.3 is 12.1 Å². The summed E-state index contributed by atoms with van der Waals surface area (Å²) >= 11 is 0. The minimum atomic E-state index is -1.36. The fourth-order valence-corrected chi connectivity index (χ4v) is 4.76. The van der Waals surface area contributed by atoms with Crippen LogP contribution in [0.3, 0.4) is 0 Å². The number of nitrogens with zero attached hydrogens (tertiary/aromatic N) is 1. The van der Waals surface area contributed by atoms with E-state index in [0.717, 1.165) is 5.56 Å². The Morgan fingerprint density at radius 2 is 1.38 bits per heavy atom. The number of phenolic OH excluding ortho intramolecular Hbond substituents is 1. The lowest BCUT2D eigenvalue weighted by Gasteiger charge is -2.39. The number of hydrogen-bond acceptors (Lipinski definition) is 7. The molecule has 248 valence electrons. The van der Waals surface area contributed by atoms with Crippen molar-refractivity contribution in [3.63, 3.8) is 0 Å². The number of hydrogen-bond donors (Lipinski definition) is 3. The van der Waals surface area contributed by atoms with Crippen LogP contribution in [-0.2, 0) is 30.3 Å². The molecule has 2 aromatic rings. The number of carbonyl (C=O) groups is 4. The van der Waals surface area contributed by atoms with Crippen molar-refractivity contribution in [2.45, 2.75) is 117 Å². The first-order valence-corrected chi connectivity index (χ1v) is 15.5. The van der Waals surface area contributed by atoms with E-state index in [1.165, 1.54) is 11.0 Å². The molecule has 0 aliphatic heterocycles. The van der Waals surface area contributed by atoms with Gasteiger partial charge in [-0.25, -0.2) is 9.59 Å². The fourth-order valence-electron chi connectivity index (χ4n) is 4.76. The maximum absolute atomic E-state index is 14.4. The second-order valence-electron chi connectivity index (χ2n) is 13.6. The average molecular weight is 626 g/mol. The SMILES string of the molecule is CCC(C)C(NC(=O)OC(C)(C)C)C(=O)N(C(C)C)C(C(=O)NC(Cc1ccccc1)C(=O)OC(C)(C)C)c1ccccc1O. The van der Waals surface area contributed by atoms with Crippen LogP contribution in [0.4, 0.5) is 4.79 Å². The molecule has 0 aliphatic carbocycles. The standard InChI is InChI=1S/C35H51N3O7/c1-11-23(4)28(37-33(43)45-35(8,9)10)31(41)38(22(2)3)29(25-19-15-16-20-27(25)39)30(40)36-26(32(42)44-34(5,6)7)21-24-17-13-12-14-18-24/h12-20,22-23,26,28-29,39H,11,21H2,1-10H3,(H,36,40)(H,37,43). The highest BCUT2D eigenvalue weighted by molar-refractivity contribution is 5.94. The average Bonchev–Trinajstić information content (AvgIpc) is 2.92. The Morgan fingerprint density at radius 3 is 1.89 bits per heavy atom. The van der Waals surface area contributed by atoms with Gasteiger partial charge in [-0.1, -0.05) is 68.8 Å². The van der Waals surface area contributed by atoms with Crippen molar-refractivity contribution in [1.29, 1.82) is 0 Å². The van der Waals surface area contributed by atoms with E-state index in [4.69, 9.17) is 9.47 Å². The molecule has 0 radical (unpaired) electrons. The number of aromatic hydroxyl groups is 1. The van der Waals surface area contributed by atoms with E-state index >= 15 is 0 Å². The van der Waals surface area contributed by atoms with Gasteiger partial charge in [-0.3, -0.25) is 9.59 Å². The Labute approximate surface area is 267 Å². The Hall–Kier alpha value is -4.08. The molecule has 10 heteroatoms. The van der Waals surface area contributed by atoms with Gasteiger partial charge in [0, 0.05) is 18.0 Å². The summed E-state index contributed by atoms with van der Waals surface area (Å²) in [5.74, 6) is -2.39. The van der Waals surface area contributed by atoms with Gasteiger partial charge in [0.2, 0.25) is 11.8 Å². The van der Waals surface area contributed by atoms with Gasteiger partial charge in [-0.2, -0.15) is 0 Å². The number of esters is 1. The van der Waals surface area contributed by atoms with Gasteiger partial charge in [0.25, 0.3) is 0 Å². The molecule has 0 aliphatic rings. The number of nitrogens with one attached hydrogen (secondary N) is 2. The van der Waals surface area contributed by atoms with Gasteiger partial charge in [-0.15, -0.1) is 0 Å². The molecule has 2 aromatic carbocycles. The predicted molar refractivity (Wildman–Crippen MR) is 173 cm³/mol. The molecule has 0 saturated heterocycles. The summed E-state index contributed by atoms with van der Waals surface area (Å²) in [5, 5.41) is 16.5. The van der Waals surface area contributed by atoms with E-state index < -0.39 is 59.2 Å². The van der Waals surface area contributed by atoms with Gasteiger partial charge in [0.1, 0.15) is 35.1 Å². The monoisotopic (exact) mass is 625 g/mol. The number of ether oxygens (including phenoxy) is 2. The van der Waals surface area contributed by atoms with E-state index in [-0.39, 0.29) is 23.7 Å².